The van der Waals surface area contributed by atoms with Gasteiger partial charge < -0.3 is 5.32 Å². The minimum absolute atomic E-state index is 0.0911. The molecule has 2 aliphatic heterocycles. The molecular weight excluding hydrogens is 359 g/mol. The number of halogens is 1. The van der Waals surface area contributed by atoms with E-state index in [9.17, 15) is 9.18 Å². The second kappa shape index (κ2) is 8.44. The van der Waals surface area contributed by atoms with E-state index in [0.29, 0.717) is 10.5 Å². The number of nitrogens with one attached hydrogen (secondary N) is 1. The number of carbonyl (C=O) groups is 1. The maximum atomic E-state index is 14.0. The van der Waals surface area contributed by atoms with Crippen LogP contribution in [0.3, 0.4) is 0 Å². The Morgan fingerprint density at radius 3 is 2.67 bits per heavy atom. The standard InChI is InChI=1S/C22H25FN2OS/c23-19-6-4-5-18-20(11-14-27-21(18)19)24-22(26)17-9-7-16(8-10-17)15-25-12-2-1-3-13-25/h4-10,20H,1-3,11-15H2,(H,24,26)/t20-/m1/s1. The summed E-state index contributed by atoms with van der Waals surface area (Å²) >= 11 is 1.53. The Balaban J connectivity index is 1.41. The number of nitrogens with zero attached hydrogens (tertiary/aromatic N) is 1. The van der Waals surface area contributed by atoms with Crippen LogP contribution in [0.25, 0.3) is 0 Å². The molecule has 0 aromatic heterocycles. The Bertz CT molecular complexity index is 802. The molecule has 2 aromatic rings. The number of likely N-dealkylation sites (tertiary alicyclic amines) is 1. The topological polar surface area (TPSA) is 32.3 Å². The monoisotopic (exact) mass is 384 g/mol. The lowest BCUT2D eigenvalue weighted by molar-refractivity contribution is 0.0934. The predicted molar refractivity (Wildman–Crippen MR) is 108 cm³/mol. The second-order valence-corrected chi connectivity index (χ2v) is 8.46. The number of carbonyl (C=O) groups excluding carboxylic acids is 1. The molecule has 0 bridgehead atoms. The molecule has 0 saturated carbocycles. The van der Waals surface area contributed by atoms with Crippen molar-refractivity contribution in [3.05, 3.63) is 65.0 Å². The first-order valence-corrected chi connectivity index (χ1v) is 10.7. The fourth-order valence-electron chi connectivity index (χ4n) is 3.92. The SMILES string of the molecule is O=C(N[C@@H]1CCSc2c(F)cccc21)c1ccc(CN2CCCCC2)cc1. The van der Waals surface area contributed by atoms with Crippen LogP contribution in [0.2, 0.25) is 0 Å². The average Bonchev–Trinajstić information content (AvgIpc) is 2.70. The lowest BCUT2D eigenvalue weighted by atomic mass is 10.0. The van der Waals surface area contributed by atoms with Crippen molar-refractivity contribution in [1.82, 2.24) is 10.2 Å². The van der Waals surface area contributed by atoms with Crippen molar-refractivity contribution in [1.29, 1.82) is 0 Å². The van der Waals surface area contributed by atoms with Crippen molar-refractivity contribution in [2.45, 2.75) is 43.2 Å². The summed E-state index contributed by atoms with van der Waals surface area (Å²) in [6.07, 6.45) is 4.71. The van der Waals surface area contributed by atoms with Gasteiger partial charge >= 0.3 is 0 Å². The Kier molecular flexibility index (Phi) is 5.79. The number of hydrogen-bond donors (Lipinski definition) is 1. The molecule has 3 nitrogen and oxygen atoms in total. The summed E-state index contributed by atoms with van der Waals surface area (Å²) in [7, 11) is 0. The number of fused-ring (bicyclic) bond motifs is 1. The lowest BCUT2D eigenvalue weighted by Gasteiger charge is -2.27. The molecule has 27 heavy (non-hydrogen) atoms. The van der Waals surface area contributed by atoms with Gasteiger partial charge in [0.05, 0.1) is 6.04 Å². The first kappa shape index (κ1) is 18.5. The molecule has 0 radical (unpaired) electrons. The molecule has 1 atom stereocenters. The normalized spacial score (nSPS) is 20.1. The van der Waals surface area contributed by atoms with E-state index in [2.05, 4.69) is 10.2 Å². The van der Waals surface area contributed by atoms with Gasteiger partial charge in [-0.25, -0.2) is 4.39 Å². The summed E-state index contributed by atoms with van der Waals surface area (Å²) in [5.74, 6) is 0.526. The Labute approximate surface area is 164 Å². The third kappa shape index (κ3) is 4.36. The molecule has 142 valence electrons. The van der Waals surface area contributed by atoms with Gasteiger partial charge in [0.15, 0.2) is 0 Å². The summed E-state index contributed by atoms with van der Waals surface area (Å²) in [6.45, 7) is 3.28. The van der Waals surface area contributed by atoms with Gasteiger partial charge in [-0.15, -0.1) is 11.8 Å². The molecule has 2 heterocycles. The van der Waals surface area contributed by atoms with Crippen LogP contribution < -0.4 is 5.32 Å². The molecule has 1 saturated heterocycles. The Hall–Kier alpha value is -1.85. The van der Waals surface area contributed by atoms with Gasteiger partial charge in [0.1, 0.15) is 5.82 Å². The zero-order valence-corrected chi connectivity index (χ0v) is 16.2. The van der Waals surface area contributed by atoms with Crippen LogP contribution >= 0.6 is 11.8 Å². The zero-order valence-electron chi connectivity index (χ0n) is 15.4. The Morgan fingerprint density at radius 1 is 1.11 bits per heavy atom. The largest absolute Gasteiger partial charge is 0.345 e. The molecule has 0 unspecified atom stereocenters. The first-order chi connectivity index (χ1) is 13.2. The molecular formula is C22H25FN2OS. The van der Waals surface area contributed by atoms with Crippen molar-refractivity contribution in [3.63, 3.8) is 0 Å². The van der Waals surface area contributed by atoms with E-state index in [-0.39, 0.29) is 17.8 Å². The minimum atomic E-state index is -0.196. The van der Waals surface area contributed by atoms with E-state index in [4.69, 9.17) is 0 Å². The highest BCUT2D eigenvalue weighted by molar-refractivity contribution is 7.99. The van der Waals surface area contributed by atoms with Gasteiger partial charge in [-0.1, -0.05) is 30.7 Å². The number of piperidine rings is 1. The van der Waals surface area contributed by atoms with Crippen molar-refractivity contribution in [2.75, 3.05) is 18.8 Å². The van der Waals surface area contributed by atoms with Crippen LogP contribution in [0.15, 0.2) is 47.4 Å². The highest BCUT2D eigenvalue weighted by atomic mass is 32.2. The molecule has 1 N–H and O–H groups in total. The summed E-state index contributed by atoms with van der Waals surface area (Å²) < 4.78 is 14.0. The maximum absolute atomic E-state index is 14.0. The van der Waals surface area contributed by atoms with Crippen molar-refractivity contribution in [3.8, 4) is 0 Å². The quantitative estimate of drug-likeness (QED) is 0.823. The number of thioether (sulfide) groups is 1. The van der Waals surface area contributed by atoms with Gasteiger partial charge in [0.2, 0.25) is 0 Å². The van der Waals surface area contributed by atoms with Crippen LogP contribution in [-0.2, 0) is 6.54 Å². The molecule has 5 heteroatoms. The van der Waals surface area contributed by atoms with E-state index in [0.717, 1.165) is 37.4 Å². The number of benzene rings is 2. The van der Waals surface area contributed by atoms with E-state index in [1.807, 2.05) is 30.3 Å². The van der Waals surface area contributed by atoms with Gasteiger partial charge in [0, 0.05) is 22.8 Å². The zero-order chi connectivity index (χ0) is 18.6. The molecule has 0 aliphatic carbocycles. The van der Waals surface area contributed by atoms with E-state index < -0.39 is 0 Å². The molecule has 2 aromatic carbocycles. The molecule has 1 fully saturated rings. The third-order valence-corrected chi connectivity index (χ3v) is 6.56. The molecule has 1 amide bonds. The fourth-order valence-corrected chi connectivity index (χ4v) is 5.06. The van der Waals surface area contributed by atoms with Gasteiger partial charge in [-0.05, 0) is 61.7 Å². The average molecular weight is 385 g/mol. The molecule has 4 rings (SSSR count). The highest BCUT2D eigenvalue weighted by Gasteiger charge is 2.24. The van der Waals surface area contributed by atoms with Crippen molar-refractivity contribution < 1.29 is 9.18 Å². The van der Waals surface area contributed by atoms with Crippen LogP contribution in [0.4, 0.5) is 4.39 Å². The lowest BCUT2D eigenvalue weighted by Crippen LogP contribution is -2.31. The van der Waals surface area contributed by atoms with Crippen LogP contribution in [0.5, 0.6) is 0 Å². The van der Waals surface area contributed by atoms with Crippen LogP contribution in [0, 0.1) is 5.82 Å². The summed E-state index contributed by atoms with van der Waals surface area (Å²) in [6, 6.07) is 12.9. The van der Waals surface area contributed by atoms with Crippen molar-refractivity contribution >= 4 is 17.7 Å². The summed E-state index contributed by atoms with van der Waals surface area (Å²) in [5, 5.41) is 3.09. The highest BCUT2D eigenvalue weighted by Crippen LogP contribution is 2.37. The molecule has 2 aliphatic rings. The van der Waals surface area contributed by atoms with E-state index >= 15 is 0 Å². The van der Waals surface area contributed by atoms with E-state index in [1.165, 1.54) is 42.7 Å². The van der Waals surface area contributed by atoms with Gasteiger partial charge in [0.25, 0.3) is 5.91 Å². The van der Waals surface area contributed by atoms with E-state index in [1.54, 1.807) is 6.07 Å². The van der Waals surface area contributed by atoms with Crippen molar-refractivity contribution in [2.24, 2.45) is 0 Å². The fraction of sp³-hybridized carbons (Fsp3) is 0.409. The number of hydrogen-bond acceptors (Lipinski definition) is 3. The van der Waals surface area contributed by atoms with Gasteiger partial charge in [-0.3, -0.25) is 9.69 Å². The predicted octanol–water partition coefficient (Wildman–Crippen LogP) is 4.78. The first-order valence-electron chi connectivity index (χ1n) is 9.74. The Morgan fingerprint density at radius 2 is 1.89 bits per heavy atom. The smallest absolute Gasteiger partial charge is 0.251 e. The molecule has 0 spiro atoms. The third-order valence-electron chi connectivity index (χ3n) is 5.40. The maximum Gasteiger partial charge on any atom is 0.251 e. The number of amides is 1. The van der Waals surface area contributed by atoms with Crippen LogP contribution in [0.1, 0.15) is 53.2 Å². The van der Waals surface area contributed by atoms with Gasteiger partial charge in [-0.2, -0.15) is 0 Å². The summed E-state index contributed by atoms with van der Waals surface area (Å²) in [4.78, 5) is 15.8. The van der Waals surface area contributed by atoms with Crippen LogP contribution in [-0.4, -0.2) is 29.6 Å². The second-order valence-electron chi connectivity index (χ2n) is 7.36. The minimum Gasteiger partial charge on any atom is -0.345 e. The summed E-state index contributed by atoms with van der Waals surface area (Å²) in [5.41, 5.74) is 2.80. The number of rotatable bonds is 4.